The predicted octanol–water partition coefficient (Wildman–Crippen LogP) is 23.8. The highest BCUT2D eigenvalue weighted by Crippen LogP contribution is 2.17. The molecule has 0 aliphatic heterocycles. The van der Waals surface area contributed by atoms with Crippen molar-refractivity contribution in [3.63, 3.8) is 0 Å². The third-order valence-electron chi connectivity index (χ3n) is 14.8. The van der Waals surface area contributed by atoms with Crippen LogP contribution in [-0.4, -0.2) is 37.2 Å². The molecule has 0 aromatic carbocycles. The minimum atomic E-state index is -0.778. The van der Waals surface area contributed by atoms with Crippen LogP contribution in [0, 0.1) is 0 Å². The largest absolute Gasteiger partial charge is 0.462 e. The van der Waals surface area contributed by atoms with Crippen molar-refractivity contribution < 1.29 is 28.6 Å². The van der Waals surface area contributed by atoms with E-state index in [0.717, 1.165) is 109 Å². The number of esters is 3. The van der Waals surface area contributed by atoms with Gasteiger partial charge in [-0.05, 0) is 109 Å². The molecule has 464 valence electrons. The molecule has 1 atom stereocenters. The summed E-state index contributed by atoms with van der Waals surface area (Å²) in [4.78, 5) is 38.1. The standard InChI is InChI=1S/C75H128O6/c1-4-7-10-13-16-18-20-22-24-26-28-30-31-32-33-34-35-36-37-38-39-40-41-42-43-45-46-48-50-52-54-56-59-62-65-68-74(77)80-71-72(70-79-73(76)67-64-61-58-15-12-9-6-3)81-75(78)69-66-63-60-57-55-53-51-49-47-44-29-27-25-23-21-19-17-14-11-8-5-2/h7,10,16,18,21-24,27-30,32-33,35-36,38-39,72H,4-6,8-9,11-15,17,19-20,25-26,31,34,37,40-71H2,1-3H3/b10-7-,18-16-,23-21-,24-22-,29-27-,30-28-,33-32-,36-35-,39-38-. The summed E-state index contributed by atoms with van der Waals surface area (Å²) in [6.45, 7) is 6.49. The first-order valence-corrected chi connectivity index (χ1v) is 34.4. The minimum Gasteiger partial charge on any atom is -0.462 e. The second-order valence-corrected chi connectivity index (χ2v) is 22.7. The Hall–Kier alpha value is -3.93. The minimum absolute atomic E-state index is 0.0770. The van der Waals surface area contributed by atoms with Gasteiger partial charge in [-0.3, -0.25) is 14.4 Å². The molecular formula is C75H128O6. The lowest BCUT2D eigenvalue weighted by atomic mass is 10.0. The summed E-state index contributed by atoms with van der Waals surface area (Å²) < 4.78 is 16.9. The van der Waals surface area contributed by atoms with Gasteiger partial charge < -0.3 is 14.2 Å². The van der Waals surface area contributed by atoms with E-state index in [0.29, 0.717) is 19.3 Å². The van der Waals surface area contributed by atoms with E-state index in [2.05, 4.69) is 130 Å². The Labute approximate surface area is 501 Å². The molecular weight excluding hydrogens is 997 g/mol. The molecule has 0 N–H and O–H groups in total. The average Bonchev–Trinajstić information content (AvgIpc) is 3.47. The lowest BCUT2D eigenvalue weighted by Gasteiger charge is -2.18. The molecule has 0 saturated heterocycles. The summed E-state index contributed by atoms with van der Waals surface area (Å²) in [5.41, 5.74) is 0. The first-order chi connectivity index (χ1) is 40.0. The number of rotatable bonds is 62. The molecule has 0 rings (SSSR count). The van der Waals surface area contributed by atoms with E-state index >= 15 is 0 Å². The normalized spacial score (nSPS) is 12.8. The van der Waals surface area contributed by atoms with Crippen molar-refractivity contribution in [3.8, 4) is 0 Å². The van der Waals surface area contributed by atoms with Gasteiger partial charge in [0.1, 0.15) is 13.2 Å². The maximum absolute atomic E-state index is 12.9. The monoisotopic (exact) mass is 1120 g/mol. The van der Waals surface area contributed by atoms with E-state index in [4.69, 9.17) is 14.2 Å². The lowest BCUT2D eigenvalue weighted by Crippen LogP contribution is -2.30. The third kappa shape index (κ3) is 66.8. The molecule has 0 aromatic heterocycles. The summed E-state index contributed by atoms with van der Waals surface area (Å²) in [7, 11) is 0. The quantitative estimate of drug-likeness (QED) is 0.0261. The highest BCUT2D eigenvalue weighted by atomic mass is 16.6. The van der Waals surface area contributed by atoms with Crippen LogP contribution in [0.3, 0.4) is 0 Å². The fourth-order valence-corrected chi connectivity index (χ4v) is 9.63. The zero-order valence-electron chi connectivity index (χ0n) is 53.3. The van der Waals surface area contributed by atoms with Gasteiger partial charge in [0, 0.05) is 19.3 Å². The van der Waals surface area contributed by atoms with Gasteiger partial charge in [-0.15, -0.1) is 0 Å². The Balaban J connectivity index is 4.07. The zero-order valence-corrected chi connectivity index (χ0v) is 53.3. The number of allylic oxidation sites excluding steroid dienone is 18. The van der Waals surface area contributed by atoms with Gasteiger partial charge in [0.25, 0.3) is 0 Å². The Kier molecular flexibility index (Phi) is 65.2. The van der Waals surface area contributed by atoms with Crippen LogP contribution in [0.4, 0.5) is 0 Å². The van der Waals surface area contributed by atoms with Gasteiger partial charge in [0.2, 0.25) is 0 Å². The van der Waals surface area contributed by atoms with Crippen molar-refractivity contribution in [1.82, 2.24) is 0 Å². The molecule has 0 aliphatic carbocycles. The number of hydrogen-bond donors (Lipinski definition) is 0. The number of ether oxygens (including phenoxy) is 3. The van der Waals surface area contributed by atoms with Gasteiger partial charge in [-0.1, -0.05) is 310 Å². The van der Waals surface area contributed by atoms with Crippen molar-refractivity contribution in [2.24, 2.45) is 0 Å². The van der Waals surface area contributed by atoms with E-state index in [1.165, 1.54) is 180 Å². The summed E-state index contributed by atoms with van der Waals surface area (Å²) in [6, 6.07) is 0. The molecule has 0 fully saturated rings. The second-order valence-electron chi connectivity index (χ2n) is 22.7. The second kappa shape index (κ2) is 68.6. The van der Waals surface area contributed by atoms with Crippen LogP contribution < -0.4 is 0 Å². The molecule has 0 heterocycles. The Morgan fingerprint density at radius 3 is 0.753 bits per heavy atom. The predicted molar refractivity (Wildman–Crippen MR) is 353 cm³/mol. The molecule has 0 aromatic rings. The maximum atomic E-state index is 12.9. The van der Waals surface area contributed by atoms with Crippen molar-refractivity contribution in [2.75, 3.05) is 13.2 Å². The van der Waals surface area contributed by atoms with E-state index in [9.17, 15) is 14.4 Å². The first-order valence-electron chi connectivity index (χ1n) is 34.4. The highest BCUT2D eigenvalue weighted by Gasteiger charge is 2.19. The Bertz CT molecular complexity index is 1620. The Morgan fingerprint density at radius 2 is 0.481 bits per heavy atom. The molecule has 0 spiro atoms. The van der Waals surface area contributed by atoms with E-state index < -0.39 is 6.10 Å². The summed E-state index contributed by atoms with van der Waals surface area (Å²) >= 11 is 0. The molecule has 6 heteroatoms. The van der Waals surface area contributed by atoms with Crippen molar-refractivity contribution in [2.45, 2.75) is 335 Å². The van der Waals surface area contributed by atoms with Crippen molar-refractivity contribution in [3.05, 3.63) is 109 Å². The fourth-order valence-electron chi connectivity index (χ4n) is 9.63. The molecule has 1 unspecified atom stereocenters. The van der Waals surface area contributed by atoms with E-state index in [1.54, 1.807) is 0 Å². The number of carbonyl (C=O) groups is 3. The molecule has 81 heavy (non-hydrogen) atoms. The summed E-state index contributed by atoms with van der Waals surface area (Å²) in [5.74, 6) is -0.878. The van der Waals surface area contributed by atoms with Gasteiger partial charge in [-0.2, -0.15) is 0 Å². The summed E-state index contributed by atoms with van der Waals surface area (Å²) in [6.07, 6.45) is 94.2. The van der Waals surface area contributed by atoms with Gasteiger partial charge in [0.15, 0.2) is 6.10 Å². The number of carbonyl (C=O) groups excluding carboxylic acids is 3. The lowest BCUT2D eigenvalue weighted by molar-refractivity contribution is -0.167. The SMILES string of the molecule is CC/C=C\C/C=C\C/C=C\C/C=C\C/C=C\C/C=C\C/C=C\CCCCCCCCCCCCCCCC(=O)OCC(COC(=O)CCCCCCCCC)OC(=O)CCCCCCCCCCC/C=C\C/C=C\CCCCCCC. The first kappa shape index (κ1) is 77.1. The van der Waals surface area contributed by atoms with Gasteiger partial charge >= 0.3 is 17.9 Å². The van der Waals surface area contributed by atoms with Crippen LogP contribution in [0.1, 0.15) is 329 Å². The van der Waals surface area contributed by atoms with Crippen molar-refractivity contribution >= 4 is 17.9 Å². The van der Waals surface area contributed by atoms with Crippen LogP contribution in [-0.2, 0) is 28.6 Å². The van der Waals surface area contributed by atoms with Gasteiger partial charge in [-0.25, -0.2) is 0 Å². The molecule has 0 amide bonds. The van der Waals surface area contributed by atoms with Crippen LogP contribution in [0.15, 0.2) is 109 Å². The van der Waals surface area contributed by atoms with Crippen LogP contribution in [0.2, 0.25) is 0 Å². The molecule has 0 aliphatic rings. The third-order valence-corrected chi connectivity index (χ3v) is 14.8. The van der Waals surface area contributed by atoms with Crippen LogP contribution in [0.25, 0.3) is 0 Å². The Morgan fingerprint density at radius 1 is 0.259 bits per heavy atom. The number of unbranched alkanes of at least 4 members (excludes halogenated alkanes) is 33. The van der Waals surface area contributed by atoms with Crippen molar-refractivity contribution in [1.29, 1.82) is 0 Å². The molecule has 0 saturated carbocycles. The van der Waals surface area contributed by atoms with E-state index in [-0.39, 0.29) is 31.1 Å². The molecule has 6 nitrogen and oxygen atoms in total. The number of hydrogen-bond acceptors (Lipinski definition) is 6. The van der Waals surface area contributed by atoms with Crippen LogP contribution in [0.5, 0.6) is 0 Å². The smallest absolute Gasteiger partial charge is 0.306 e. The zero-order chi connectivity index (χ0) is 58.5. The topological polar surface area (TPSA) is 78.9 Å². The average molecular weight is 1130 g/mol. The summed E-state index contributed by atoms with van der Waals surface area (Å²) in [5, 5.41) is 0. The maximum Gasteiger partial charge on any atom is 0.306 e. The molecule has 0 radical (unpaired) electrons. The molecule has 0 bridgehead atoms. The van der Waals surface area contributed by atoms with Crippen LogP contribution >= 0.6 is 0 Å². The fraction of sp³-hybridized carbons (Fsp3) is 0.720. The van der Waals surface area contributed by atoms with E-state index in [1.807, 2.05) is 0 Å². The van der Waals surface area contributed by atoms with Gasteiger partial charge in [0.05, 0.1) is 0 Å². The highest BCUT2D eigenvalue weighted by molar-refractivity contribution is 5.71.